The highest BCUT2D eigenvalue weighted by Gasteiger charge is 2.26. The number of halogens is 1. The van der Waals surface area contributed by atoms with Crippen LogP contribution in [0.25, 0.3) is 0 Å². The SMILES string of the molecule is CCOC(=O)c1c(N=Cc2cc(Cc3ccccc3)cc(Br)c2O)sc2c1CCCC2. The van der Waals surface area contributed by atoms with Gasteiger partial charge in [0.05, 0.1) is 16.6 Å². The van der Waals surface area contributed by atoms with Crippen LogP contribution in [-0.2, 0) is 24.0 Å². The van der Waals surface area contributed by atoms with E-state index in [0.717, 1.165) is 43.2 Å². The number of hydrogen-bond acceptors (Lipinski definition) is 5. The van der Waals surface area contributed by atoms with E-state index >= 15 is 0 Å². The molecule has 0 bridgehead atoms. The summed E-state index contributed by atoms with van der Waals surface area (Å²) < 4.78 is 5.93. The third-order valence-electron chi connectivity index (χ3n) is 5.36. The Hall–Kier alpha value is -2.44. The molecule has 31 heavy (non-hydrogen) atoms. The molecule has 4 rings (SSSR count). The van der Waals surface area contributed by atoms with Gasteiger partial charge in [0.15, 0.2) is 0 Å². The molecule has 0 unspecified atom stereocenters. The van der Waals surface area contributed by atoms with Crippen LogP contribution in [0.1, 0.15) is 57.3 Å². The van der Waals surface area contributed by atoms with E-state index < -0.39 is 0 Å². The van der Waals surface area contributed by atoms with Gasteiger partial charge >= 0.3 is 5.97 Å². The minimum atomic E-state index is -0.308. The molecule has 1 heterocycles. The lowest BCUT2D eigenvalue weighted by Gasteiger charge is -2.11. The lowest BCUT2D eigenvalue weighted by Crippen LogP contribution is -2.09. The van der Waals surface area contributed by atoms with Crippen molar-refractivity contribution in [2.45, 2.75) is 39.0 Å². The van der Waals surface area contributed by atoms with E-state index in [1.54, 1.807) is 17.6 Å². The fraction of sp³-hybridized carbons (Fsp3) is 0.280. The predicted octanol–water partition coefficient (Wildman–Crippen LogP) is 6.61. The molecule has 2 aromatic carbocycles. The molecule has 0 saturated heterocycles. The van der Waals surface area contributed by atoms with Gasteiger partial charge < -0.3 is 9.84 Å². The van der Waals surface area contributed by atoms with E-state index in [1.807, 2.05) is 37.3 Å². The number of carbonyl (C=O) groups is 1. The predicted molar refractivity (Wildman–Crippen MR) is 129 cm³/mol. The van der Waals surface area contributed by atoms with Gasteiger partial charge in [0, 0.05) is 16.7 Å². The topological polar surface area (TPSA) is 58.9 Å². The minimum absolute atomic E-state index is 0.138. The molecule has 1 aromatic heterocycles. The Morgan fingerprint density at radius 2 is 1.97 bits per heavy atom. The van der Waals surface area contributed by atoms with Crippen molar-refractivity contribution in [2.24, 2.45) is 4.99 Å². The summed E-state index contributed by atoms with van der Waals surface area (Å²) in [5.41, 5.74) is 4.55. The molecule has 0 saturated carbocycles. The van der Waals surface area contributed by atoms with Crippen LogP contribution in [0.3, 0.4) is 0 Å². The number of esters is 1. The first-order chi connectivity index (χ1) is 15.1. The van der Waals surface area contributed by atoms with Gasteiger partial charge in [0.2, 0.25) is 0 Å². The van der Waals surface area contributed by atoms with E-state index in [0.29, 0.717) is 27.2 Å². The maximum atomic E-state index is 12.6. The number of hydrogen-bond donors (Lipinski definition) is 1. The summed E-state index contributed by atoms with van der Waals surface area (Å²) in [6, 6.07) is 14.1. The highest BCUT2D eigenvalue weighted by atomic mass is 79.9. The van der Waals surface area contributed by atoms with Crippen molar-refractivity contribution < 1.29 is 14.6 Å². The molecule has 0 aliphatic heterocycles. The summed E-state index contributed by atoms with van der Waals surface area (Å²) in [6.07, 6.45) is 6.48. The largest absolute Gasteiger partial charge is 0.506 e. The van der Waals surface area contributed by atoms with E-state index in [-0.39, 0.29) is 11.7 Å². The first kappa shape index (κ1) is 21.8. The Morgan fingerprint density at radius 3 is 2.74 bits per heavy atom. The van der Waals surface area contributed by atoms with Crippen molar-refractivity contribution in [3.63, 3.8) is 0 Å². The Bertz CT molecular complexity index is 1120. The molecule has 0 spiro atoms. The van der Waals surface area contributed by atoms with E-state index in [4.69, 9.17) is 4.74 Å². The maximum Gasteiger partial charge on any atom is 0.341 e. The Labute approximate surface area is 194 Å². The zero-order valence-electron chi connectivity index (χ0n) is 17.4. The van der Waals surface area contributed by atoms with Gasteiger partial charge in [0.1, 0.15) is 10.8 Å². The number of benzene rings is 2. The number of aryl methyl sites for hydroxylation is 1. The number of phenols is 1. The van der Waals surface area contributed by atoms with Gasteiger partial charge in [-0.2, -0.15) is 0 Å². The first-order valence-corrected chi connectivity index (χ1v) is 12.1. The summed E-state index contributed by atoms with van der Waals surface area (Å²) in [7, 11) is 0. The molecule has 1 N–H and O–H groups in total. The lowest BCUT2D eigenvalue weighted by atomic mass is 9.95. The fourth-order valence-electron chi connectivity index (χ4n) is 3.90. The number of thiophene rings is 1. The summed E-state index contributed by atoms with van der Waals surface area (Å²) in [6.45, 7) is 2.15. The van der Waals surface area contributed by atoms with Gasteiger partial charge in [-0.15, -0.1) is 11.3 Å². The summed E-state index contributed by atoms with van der Waals surface area (Å²) >= 11 is 5.02. The zero-order chi connectivity index (χ0) is 21.8. The van der Waals surface area contributed by atoms with E-state index in [2.05, 4.69) is 33.1 Å². The second-order valence-corrected chi connectivity index (χ2v) is 9.49. The number of ether oxygens (including phenoxy) is 1. The average molecular weight is 498 g/mol. The standard InChI is InChI=1S/C25H24BrNO3S/c1-2-30-25(29)22-19-10-6-7-11-21(19)31-24(22)27-15-18-13-17(14-20(26)23(18)28)12-16-8-4-3-5-9-16/h3-5,8-9,13-15,28H,2,6-7,10-12H2,1H3. The second kappa shape index (κ2) is 9.79. The van der Waals surface area contributed by atoms with Gasteiger partial charge in [-0.05, 0) is 83.8 Å². The number of aliphatic imine (C=N–C) groups is 1. The lowest BCUT2D eigenvalue weighted by molar-refractivity contribution is 0.0526. The fourth-order valence-corrected chi connectivity index (χ4v) is 5.64. The molecule has 0 amide bonds. The third kappa shape index (κ3) is 4.91. The van der Waals surface area contributed by atoms with Gasteiger partial charge in [-0.25, -0.2) is 9.79 Å². The van der Waals surface area contributed by atoms with E-state index in [1.165, 1.54) is 10.4 Å². The molecular formula is C25H24BrNO3S. The molecule has 0 atom stereocenters. The molecule has 0 fully saturated rings. The van der Waals surface area contributed by atoms with Crippen LogP contribution < -0.4 is 0 Å². The van der Waals surface area contributed by atoms with Crippen LogP contribution in [0.5, 0.6) is 5.75 Å². The second-order valence-electron chi connectivity index (χ2n) is 7.55. The number of nitrogens with zero attached hydrogens (tertiary/aromatic N) is 1. The summed E-state index contributed by atoms with van der Waals surface area (Å²) in [5, 5.41) is 11.2. The van der Waals surface area contributed by atoms with Crippen LogP contribution in [-0.4, -0.2) is 23.9 Å². The number of rotatable bonds is 6. The van der Waals surface area contributed by atoms with Crippen LogP contribution in [0, 0.1) is 0 Å². The molecule has 4 nitrogen and oxygen atoms in total. The zero-order valence-corrected chi connectivity index (χ0v) is 19.8. The molecule has 0 radical (unpaired) electrons. The van der Waals surface area contributed by atoms with Crippen molar-refractivity contribution >= 4 is 44.5 Å². The molecule has 160 valence electrons. The molecule has 3 aromatic rings. The first-order valence-electron chi connectivity index (χ1n) is 10.5. The smallest absolute Gasteiger partial charge is 0.341 e. The maximum absolute atomic E-state index is 12.6. The van der Waals surface area contributed by atoms with E-state index in [9.17, 15) is 9.90 Å². The normalized spacial score (nSPS) is 13.4. The van der Waals surface area contributed by atoms with Gasteiger partial charge in [-0.1, -0.05) is 30.3 Å². The highest BCUT2D eigenvalue weighted by molar-refractivity contribution is 9.10. The van der Waals surface area contributed by atoms with Crippen molar-refractivity contribution in [3.8, 4) is 5.75 Å². The highest BCUT2D eigenvalue weighted by Crippen LogP contribution is 2.40. The van der Waals surface area contributed by atoms with Crippen LogP contribution in [0.2, 0.25) is 0 Å². The Balaban J connectivity index is 1.68. The molecule has 6 heteroatoms. The number of fused-ring (bicyclic) bond motifs is 1. The minimum Gasteiger partial charge on any atom is -0.506 e. The van der Waals surface area contributed by atoms with Crippen molar-refractivity contribution in [3.05, 3.63) is 79.6 Å². The molecule has 1 aliphatic carbocycles. The average Bonchev–Trinajstić information content (AvgIpc) is 3.14. The number of carbonyl (C=O) groups excluding carboxylic acids is 1. The van der Waals surface area contributed by atoms with Crippen molar-refractivity contribution in [1.82, 2.24) is 0 Å². The quantitative estimate of drug-likeness (QED) is 0.307. The van der Waals surface area contributed by atoms with Crippen LogP contribution in [0.15, 0.2) is 51.9 Å². The van der Waals surface area contributed by atoms with Gasteiger partial charge in [-0.3, -0.25) is 0 Å². The number of aromatic hydroxyl groups is 1. The Morgan fingerprint density at radius 1 is 1.19 bits per heavy atom. The van der Waals surface area contributed by atoms with Crippen LogP contribution in [0.4, 0.5) is 5.00 Å². The number of phenolic OH excluding ortho intramolecular Hbond substituents is 1. The van der Waals surface area contributed by atoms with Gasteiger partial charge in [0.25, 0.3) is 0 Å². The monoisotopic (exact) mass is 497 g/mol. The summed E-state index contributed by atoms with van der Waals surface area (Å²) in [5.74, 6) is -0.170. The van der Waals surface area contributed by atoms with Crippen molar-refractivity contribution in [1.29, 1.82) is 0 Å². The Kier molecular flexibility index (Phi) is 6.88. The summed E-state index contributed by atoms with van der Waals surface area (Å²) in [4.78, 5) is 18.5. The molecule has 1 aliphatic rings. The van der Waals surface area contributed by atoms with Crippen molar-refractivity contribution in [2.75, 3.05) is 6.61 Å². The third-order valence-corrected chi connectivity index (χ3v) is 7.16. The molecular weight excluding hydrogens is 474 g/mol. The van der Waals surface area contributed by atoms with Crippen LogP contribution >= 0.6 is 27.3 Å².